The van der Waals surface area contributed by atoms with Crippen LogP contribution in [0.5, 0.6) is 5.75 Å². The number of carboxylic acid groups (broad SMARTS) is 1. The Bertz CT molecular complexity index is 602. The molecule has 5 heteroatoms. The molecule has 2 atom stereocenters. The SMILES string of the molecule is Cc1ccc(OC(C)C(=O)N2CCC3(CC2)CC3C(=O)O)cc1. The fourth-order valence-corrected chi connectivity index (χ4v) is 3.55. The highest BCUT2D eigenvalue weighted by atomic mass is 16.5. The van der Waals surface area contributed by atoms with Crippen molar-refractivity contribution in [2.75, 3.05) is 13.1 Å². The maximum atomic E-state index is 12.5. The molecule has 0 radical (unpaired) electrons. The number of hydrogen-bond donors (Lipinski definition) is 1. The number of carboxylic acids is 1. The fraction of sp³-hybridized carbons (Fsp3) is 0.556. The molecule has 5 nitrogen and oxygen atoms in total. The van der Waals surface area contributed by atoms with Gasteiger partial charge in [-0.15, -0.1) is 0 Å². The first-order valence-corrected chi connectivity index (χ1v) is 8.16. The highest BCUT2D eigenvalue weighted by Crippen LogP contribution is 2.59. The van der Waals surface area contributed by atoms with Crippen LogP contribution in [0.4, 0.5) is 0 Å². The van der Waals surface area contributed by atoms with Gasteiger partial charge in [0, 0.05) is 13.1 Å². The zero-order valence-electron chi connectivity index (χ0n) is 13.6. The van der Waals surface area contributed by atoms with Crippen molar-refractivity contribution in [3.05, 3.63) is 29.8 Å². The molecule has 2 unspecified atom stereocenters. The monoisotopic (exact) mass is 317 g/mol. The number of nitrogens with zero attached hydrogens (tertiary/aromatic N) is 1. The Morgan fingerprint density at radius 2 is 1.87 bits per heavy atom. The smallest absolute Gasteiger partial charge is 0.307 e. The lowest BCUT2D eigenvalue weighted by atomic mass is 9.90. The molecular formula is C18H23NO4. The van der Waals surface area contributed by atoms with E-state index < -0.39 is 12.1 Å². The topological polar surface area (TPSA) is 66.8 Å². The van der Waals surface area contributed by atoms with Gasteiger partial charge in [0.2, 0.25) is 0 Å². The van der Waals surface area contributed by atoms with Crippen LogP contribution in [0.1, 0.15) is 31.7 Å². The zero-order valence-corrected chi connectivity index (χ0v) is 13.6. The number of rotatable bonds is 4. The second kappa shape index (κ2) is 5.87. The van der Waals surface area contributed by atoms with Crippen LogP contribution < -0.4 is 4.74 Å². The predicted octanol–water partition coefficient (Wildman–Crippen LogP) is 2.48. The number of carbonyl (C=O) groups excluding carboxylic acids is 1. The van der Waals surface area contributed by atoms with Gasteiger partial charge >= 0.3 is 5.97 Å². The lowest BCUT2D eigenvalue weighted by molar-refractivity contribution is -0.141. The molecule has 1 aliphatic heterocycles. The number of aliphatic carboxylic acids is 1. The Labute approximate surface area is 136 Å². The summed E-state index contributed by atoms with van der Waals surface area (Å²) in [5.74, 6) is -0.229. The van der Waals surface area contributed by atoms with E-state index in [2.05, 4.69) is 0 Å². The minimum atomic E-state index is -0.694. The molecule has 23 heavy (non-hydrogen) atoms. The number of benzene rings is 1. The van der Waals surface area contributed by atoms with Gasteiger partial charge in [0.05, 0.1) is 5.92 Å². The quantitative estimate of drug-likeness (QED) is 0.926. The molecule has 2 fully saturated rings. The first-order valence-electron chi connectivity index (χ1n) is 8.16. The van der Waals surface area contributed by atoms with E-state index in [4.69, 9.17) is 9.84 Å². The molecular weight excluding hydrogens is 294 g/mol. The van der Waals surface area contributed by atoms with Crippen LogP contribution in [0.3, 0.4) is 0 Å². The minimum absolute atomic E-state index is 0.0204. The average Bonchev–Trinajstić information content (AvgIpc) is 3.24. The average molecular weight is 317 g/mol. The number of carbonyl (C=O) groups is 2. The molecule has 1 heterocycles. The summed E-state index contributed by atoms with van der Waals surface area (Å²) in [6.45, 7) is 5.03. The summed E-state index contributed by atoms with van der Waals surface area (Å²) in [7, 11) is 0. The molecule has 1 aromatic rings. The van der Waals surface area contributed by atoms with Crippen LogP contribution in [0.2, 0.25) is 0 Å². The van der Waals surface area contributed by atoms with E-state index >= 15 is 0 Å². The molecule has 3 rings (SSSR count). The van der Waals surface area contributed by atoms with Crippen LogP contribution in [-0.2, 0) is 9.59 Å². The number of amides is 1. The predicted molar refractivity (Wildman–Crippen MR) is 85.3 cm³/mol. The highest BCUT2D eigenvalue weighted by Gasteiger charge is 2.59. The van der Waals surface area contributed by atoms with Crippen molar-refractivity contribution in [1.82, 2.24) is 4.90 Å². The lowest BCUT2D eigenvalue weighted by Gasteiger charge is -2.34. The molecule has 124 valence electrons. The van der Waals surface area contributed by atoms with Crippen LogP contribution in [0.15, 0.2) is 24.3 Å². The second-order valence-corrected chi connectivity index (χ2v) is 6.86. The van der Waals surface area contributed by atoms with Gasteiger partial charge in [-0.1, -0.05) is 17.7 Å². The van der Waals surface area contributed by atoms with Crippen molar-refractivity contribution >= 4 is 11.9 Å². The fourth-order valence-electron chi connectivity index (χ4n) is 3.55. The molecule has 1 aromatic carbocycles. The van der Waals surface area contributed by atoms with Gasteiger partial charge < -0.3 is 14.7 Å². The molecule has 1 N–H and O–H groups in total. The van der Waals surface area contributed by atoms with Crippen molar-refractivity contribution in [3.63, 3.8) is 0 Å². The van der Waals surface area contributed by atoms with Crippen molar-refractivity contribution < 1.29 is 19.4 Å². The normalized spacial score (nSPS) is 23.4. The zero-order chi connectivity index (χ0) is 16.6. The van der Waals surface area contributed by atoms with E-state index in [0.29, 0.717) is 18.8 Å². The van der Waals surface area contributed by atoms with Gasteiger partial charge in [-0.3, -0.25) is 9.59 Å². The Morgan fingerprint density at radius 1 is 1.26 bits per heavy atom. The molecule has 1 aliphatic carbocycles. The number of aryl methyl sites for hydroxylation is 1. The summed E-state index contributed by atoms with van der Waals surface area (Å²) in [5, 5.41) is 9.12. The van der Waals surface area contributed by atoms with Gasteiger partial charge in [0.1, 0.15) is 5.75 Å². The molecule has 1 spiro atoms. The van der Waals surface area contributed by atoms with E-state index in [9.17, 15) is 9.59 Å². The van der Waals surface area contributed by atoms with Gasteiger partial charge in [-0.2, -0.15) is 0 Å². The Morgan fingerprint density at radius 3 is 2.39 bits per heavy atom. The molecule has 0 aromatic heterocycles. The van der Waals surface area contributed by atoms with E-state index in [1.807, 2.05) is 31.2 Å². The summed E-state index contributed by atoms with van der Waals surface area (Å²) >= 11 is 0. The summed E-state index contributed by atoms with van der Waals surface area (Å²) in [5.41, 5.74) is 1.10. The Hall–Kier alpha value is -2.04. The van der Waals surface area contributed by atoms with Crippen molar-refractivity contribution in [2.45, 2.75) is 39.2 Å². The molecule has 2 aliphatic rings. The first kappa shape index (κ1) is 15.8. The number of hydrogen-bond acceptors (Lipinski definition) is 3. The standard InChI is InChI=1S/C18H23NO4/c1-12-3-5-14(6-4-12)23-13(2)16(20)19-9-7-18(8-10-19)11-15(18)17(21)22/h3-6,13,15H,7-11H2,1-2H3,(H,21,22). The van der Waals surface area contributed by atoms with Gasteiger partial charge in [0.15, 0.2) is 6.10 Å². The summed E-state index contributed by atoms with van der Waals surface area (Å²) in [4.78, 5) is 25.4. The van der Waals surface area contributed by atoms with Crippen LogP contribution in [0.25, 0.3) is 0 Å². The minimum Gasteiger partial charge on any atom is -0.481 e. The van der Waals surface area contributed by atoms with E-state index in [0.717, 1.165) is 24.8 Å². The molecule has 0 bridgehead atoms. The van der Waals surface area contributed by atoms with Crippen molar-refractivity contribution in [3.8, 4) is 5.75 Å². The van der Waals surface area contributed by atoms with Crippen LogP contribution in [-0.4, -0.2) is 41.1 Å². The van der Waals surface area contributed by atoms with Gasteiger partial charge in [-0.25, -0.2) is 0 Å². The van der Waals surface area contributed by atoms with Crippen molar-refractivity contribution in [1.29, 1.82) is 0 Å². The van der Waals surface area contributed by atoms with Crippen LogP contribution in [0, 0.1) is 18.3 Å². The third-order valence-corrected chi connectivity index (χ3v) is 5.24. The summed E-state index contributed by atoms with van der Waals surface area (Å²) < 4.78 is 5.73. The summed E-state index contributed by atoms with van der Waals surface area (Å²) in [6, 6.07) is 7.64. The van der Waals surface area contributed by atoms with E-state index in [-0.39, 0.29) is 17.2 Å². The number of ether oxygens (including phenoxy) is 1. The Balaban J connectivity index is 1.53. The summed E-state index contributed by atoms with van der Waals surface area (Å²) in [6.07, 6.45) is 1.81. The molecule has 1 amide bonds. The van der Waals surface area contributed by atoms with Gasteiger partial charge in [-0.05, 0) is 50.7 Å². The Kier molecular flexibility index (Phi) is 4.04. The first-order chi connectivity index (χ1) is 10.9. The van der Waals surface area contributed by atoms with E-state index in [1.54, 1.807) is 11.8 Å². The lowest BCUT2D eigenvalue weighted by Crippen LogP contribution is -2.45. The molecule has 1 saturated carbocycles. The van der Waals surface area contributed by atoms with E-state index in [1.165, 1.54) is 0 Å². The third-order valence-electron chi connectivity index (χ3n) is 5.24. The maximum Gasteiger partial charge on any atom is 0.307 e. The largest absolute Gasteiger partial charge is 0.481 e. The number of piperidine rings is 1. The highest BCUT2D eigenvalue weighted by molar-refractivity contribution is 5.81. The van der Waals surface area contributed by atoms with Gasteiger partial charge in [0.25, 0.3) is 5.91 Å². The maximum absolute atomic E-state index is 12.5. The van der Waals surface area contributed by atoms with Crippen molar-refractivity contribution in [2.24, 2.45) is 11.3 Å². The second-order valence-electron chi connectivity index (χ2n) is 6.86. The van der Waals surface area contributed by atoms with Crippen LogP contribution >= 0.6 is 0 Å². The number of likely N-dealkylation sites (tertiary alicyclic amines) is 1. The third kappa shape index (κ3) is 3.19. The molecule has 1 saturated heterocycles.